The summed E-state index contributed by atoms with van der Waals surface area (Å²) >= 11 is 0. The number of carbonyl (C=O) groups excluding carboxylic acids is 1. The van der Waals surface area contributed by atoms with Crippen LogP contribution in [0, 0.1) is 0 Å². The largest absolute Gasteiger partial charge is 0.481 e. The Morgan fingerprint density at radius 2 is 1.89 bits per heavy atom. The van der Waals surface area contributed by atoms with Crippen molar-refractivity contribution in [2.45, 2.75) is 39.3 Å². The fraction of sp³-hybridized carbons (Fsp3) is 0.533. The molecule has 1 amide bonds. The van der Waals surface area contributed by atoms with Crippen LogP contribution >= 0.6 is 0 Å². The SMILES string of the molecule is CCCNC(C)c1ccc(OC(C)C(=O)NC)cc1. The molecule has 106 valence electrons. The van der Waals surface area contributed by atoms with Crippen molar-refractivity contribution in [2.75, 3.05) is 13.6 Å². The summed E-state index contributed by atoms with van der Waals surface area (Å²) in [5.74, 6) is 0.588. The number of amides is 1. The molecule has 0 fully saturated rings. The monoisotopic (exact) mass is 264 g/mol. The maximum atomic E-state index is 11.4. The van der Waals surface area contributed by atoms with Gasteiger partial charge in [-0.15, -0.1) is 0 Å². The van der Waals surface area contributed by atoms with Gasteiger partial charge in [-0.2, -0.15) is 0 Å². The second kappa shape index (κ2) is 7.79. The third-order valence-corrected chi connectivity index (χ3v) is 3.01. The quantitative estimate of drug-likeness (QED) is 0.794. The van der Waals surface area contributed by atoms with Crippen molar-refractivity contribution < 1.29 is 9.53 Å². The maximum Gasteiger partial charge on any atom is 0.260 e. The molecule has 0 aliphatic heterocycles. The number of carbonyl (C=O) groups is 1. The van der Waals surface area contributed by atoms with Crippen molar-refractivity contribution in [1.29, 1.82) is 0 Å². The van der Waals surface area contributed by atoms with E-state index in [1.807, 2.05) is 24.3 Å². The first-order valence-electron chi connectivity index (χ1n) is 6.80. The molecule has 1 rings (SSSR count). The van der Waals surface area contributed by atoms with E-state index in [2.05, 4.69) is 24.5 Å². The molecule has 0 saturated heterocycles. The van der Waals surface area contributed by atoms with Gasteiger partial charge >= 0.3 is 0 Å². The highest BCUT2D eigenvalue weighted by Crippen LogP contribution is 2.18. The van der Waals surface area contributed by atoms with Crippen molar-refractivity contribution >= 4 is 5.91 Å². The molecule has 4 heteroatoms. The lowest BCUT2D eigenvalue weighted by Crippen LogP contribution is -2.33. The first-order valence-corrected chi connectivity index (χ1v) is 6.80. The van der Waals surface area contributed by atoms with E-state index in [-0.39, 0.29) is 5.91 Å². The van der Waals surface area contributed by atoms with E-state index in [1.54, 1.807) is 14.0 Å². The molecule has 0 aromatic heterocycles. The van der Waals surface area contributed by atoms with Crippen LogP contribution in [0.25, 0.3) is 0 Å². The maximum absolute atomic E-state index is 11.4. The van der Waals surface area contributed by atoms with Gasteiger partial charge in [-0.05, 0) is 44.5 Å². The molecule has 2 atom stereocenters. The van der Waals surface area contributed by atoms with Crippen molar-refractivity contribution in [3.63, 3.8) is 0 Å². The van der Waals surface area contributed by atoms with E-state index in [1.165, 1.54) is 5.56 Å². The van der Waals surface area contributed by atoms with Gasteiger partial charge in [0.05, 0.1) is 0 Å². The molecule has 0 aliphatic carbocycles. The molecular weight excluding hydrogens is 240 g/mol. The van der Waals surface area contributed by atoms with Crippen molar-refractivity contribution in [2.24, 2.45) is 0 Å². The Hall–Kier alpha value is -1.55. The van der Waals surface area contributed by atoms with Gasteiger partial charge < -0.3 is 15.4 Å². The van der Waals surface area contributed by atoms with Gasteiger partial charge in [0.15, 0.2) is 6.10 Å². The standard InChI is InChI=1S/C15H24N2O2/c1-5-10-17-11(2)13-6-8-14(9-7-13)19-12(3)15(18)16-4/h6-9,11-12,17H,5,10H2,1-4H3,(H,16,18). The normalized spacial score (nSPS) is 13.7. The summed E-state index contributed by atoms with van der Waals surface area (Å²) in [5, 5.41) is 6.00. The molecular formula is C15H24N2O2. The second-order valence-corrected chi connectivity index (χ2v) is 4.62. The number of rotatable bonds is 7. The Morgan fingerprint density at radius 3 is 2.42 bits per heavy atom. The Labute approximate surface area is 115 Å². The van der Waals surface area contributed by atoms with Crippen LogP contribution in [0.4, 0.5) is 0 Å². The fourth-order valence-corrected chi connectivity index (χ4v) is 1.77. The smallest absolute Gasteiger partial charge is 0.260 e. The van der Waals surface area contributed by atoms with Crippen molar-refractivity contribution in [3.05, 3.63) is 29.8 Å². The average Bonchev–Trinajstić information content (AvgIpc) is 2.44. The number of hydrogen-bond acceptors (Lipinski definition) is 3. The topological polar surface area (TPSA) is 50.4 Å². The van der Waals surface area contributed by atoms with Crippen LogP contribution in [-0.2, 0) is 4.79 Å². The lowest BCUT2D eigenvalue weighted by atomic mass is 10.1. The Balaban J connectivity index is 2.58. The molecule has 0 aliphatic rings. The number of ether oxygens (including phenoxy) is 1. The average molecular weight is 264 g/mol. The van der Waals surface area contributed by atoms with Crippen LogP contribution in [-0.4, -0.2) is 25.6 Å². The predicted molar refractivity (Wildman–Crippen MR) is 77.3 cm³/mol. The highest BCUT2D eigenvalue weighted by Gasteiger charge is 2.12. The highest BCUT2D eigenvalue weighted by atomic mass is 16.5. The minimum absolute atomic E-state index is 0.123. The lowest BCUT2D eigenvalue weighted by Gasteiger charge is -2.16. The summed E-state index contributed by atoms with van der Waals surface area (Å²) in [5.41, 5.74) is 1.22. The second-order valence-electron chi connectivity index (χ2n) is 4.62. The molecule has 0 radical (unpaired) electrons. The van der Waals surface area contributed by atoms with Crippen LogP contribution in [0.3, 0.4) is 0 Å². The molecule has 2 unspecified atom stereocenters. The van der Waals surface area contributed by atoms with Crippen LogP contribution in [0.2, 0.25) is 0 Å². The molecule has 1 aromatic rings. The van der Waals surface area contributed by atoms with Crippen LogP contribution < -0.4 is 15.4 Å². The van der Waals surface area contributed by atoms with Crippen LogP contribution in [0.5, 0.6) is 5.75 Å². The minimum Gasteiger partial charge on any atom is -0.481 e. The third-order valence-electron chi connectivity index (χ3n) is 3.01. The van der Waals surface area contributed by atoms with Gasteiger partial charge in [0.25, 0.3) is 5.91 Å². The molecule has 4 nitrogen and oxygen atoms in total. The summed E-state index contributed by atoms with van der Waals surface area (Å²) in [6, 6.07) is 8.18. The Kier molecular flexibility index (Phi) is 6.36. The van der Waals surface area contributed by atoms with Gasteiger partial charge in [0, 0.05) is 13.1 Å². The number of hydrogen-bond donors (Lipinski definition) is 2. The lowest BCUT2D eigenvalue weighted by molar-refractivity contribution is -0.126. The van der Waals surface area contributed by atoms with Gasteiger partial charge in [-0.3, -0.25) is 4.79 Å². The van der Waals surface area contributed by atoms with E-state index in [0.717, 1.165) is 13.0 Å². The van der Waals surface area contributed by atoms with E-state index in [9.17, 15) is 4.79 Å². The van der Waals surface area contributed by atoms with Gasteiger partial charge in [0.1, 0.15) is 5.75 Å². The van der Waals surface area contributed by atoms with E-state index in [4.69, 9.17) is 4.74 Å². The van der Waals surface area contributed by atoms with Crippen LogP contribution in [0.15, 0.2) is 24.3 Å². The Morgan fingerprint density at radius 1 is 1.26 bits per heavy atom. The van der Waals surface area contributed by atoms with E-state index < -0.39 is 6.10 Å². The summed E-state index contributed by atoms with van der Waals surface area (Å²) in [7, 11) is 1.60. The first kappa shape index (κ1) is 15.5. The minimum atomic E-state index is -0.480. The zero-order valence-electron chi connectivity index (χ0n) is 12.2. The molecule has 19 heavy (non-hydrogen) atoms. The van der Waals surface area contributed by atoms with Crippen molar-refractivity contribution in [3.8, 4) is 5.75 Å². The molecule has 0 bridgehead atoms. The zero-order valence-corrected chi connectivity index (χ0v) is 12.2. The van der Waals surface area contributed by atoms with E-state index in [0.29, 0.717) is 11.8 Å². The Bertz CT molecular complexity index is 390. The van der Waals surface area contributed by atoms with E-state index >= 15 is 0 Å². The first-order chi connectivity index (χ1) is 9.08. The van der Waals surface area contributed by atoms with Gasteiger partial charge in [-0.25, -0.2) is 0 Å². The molecule has 2 N–H and O–H groups in total. The fourth-order valence-electron chi connectivity index (χ4n) is 1.77. The third kappa shape index (κ3) is 4.91. The van der Waals surface area contributed by atoms with Gasteiger partial charge in [0.2, 0.25) is 0 Å². The summed E-state index contributed by atoms with van der Waals surface area (Å²) in [6.45, 7) is 7.03. The summed E-state index contributed by atoms with van der Waals surface area (Å²) < 4.78 is 5.55. The molecule has 0 saturated carbocycles. The number of nitrogens with one attached hydrogen (secondary N) is 2. The highest BCUT2D eigenvalue weighted by molar-refractivity contribution is 5.80. The predicted octanol–water partition coefficient (Wildman–Crippen LogP) is 2.26. The van der Waals surface area contributed by atoms with Gasteiger partial charge in [-0.1, -0.05) is 19.1 Å². The molecule has 0 heterocycles. The summed E-state index contributed by atoms with van der Waals surface area (Å²) in [4.78, 5) is 11.4. The zero-order chi connectivity index (χ0) is 14.3. The number of benzene rings is 1. The number of likely N-dealkylation sites (N-methyl/N-ethyl adjacent to an activating group) is 1. The molecule has 0 spiro atoms. The molecule has 1 aromatic carbocycles. The van der Waals surface area contributed by atoms with Crippen LogP contribution in [0.1, 0.15) is 38.8 Å². The van der Waals surface area contributed by atoms with Crippen molar-refractivity contribution in [1.82, 2.24) is 10.6 Å². The summed E-state index contributed by atoms with van der Waals surface area (Å²) in [6.07, 6.45) is 0.640.